The zero-order chi connectivity index (χ0) is 40.8. The first-order valence-electron chi connectivity index (χ1n) is 20.8. The summed E-state index contributed by atoms with van der Waals surface area (Å²) in [4.78, 5) is 61.2. The number of allylic oxidation sites excluding steroid dienone is 2. The van der Waals surface area contributed by atoms with Crippen LogP contribution in [-0.4, -0.2) is 74.9 Å². The van der Waals surface area contributed by atoms with Gasteiger partial charge in [0.15, 0.2) is 0 Å². The van der Waals surface area contributed by atoms with E-state index < -0.39 is 41.5 Å². The summed E-state index contributed by atoms with van der Waals surface area (Å²) in [5.74, 6) is 4.92. The van der Waals surface area contributed by atoms with Crippen LogP contribution in [-0.2, 0) is 24.5 Å². The molecule has 0 unspecified atom stereocenters. The average Bonchev–Trinajstić information content (AvgIpc) is 3.78. The number of ether oxygens (including phenoxy) is 1. The molecule has 2 amide bonds. The minimum absolute atomic E-state index is 0.0564. The normalized spacial score (nSPS) is 26.0. The number of nitrogens with one attached hydrogen (secondary N) is 1. The molecule has 11 heteroatoms. The number of carbonyl (C=O) groups is 3. The molecular weight excluding hydrogens is 753 g/mol. The Bertz CT molecular complexity index is 2530. The largest absolute Gasteiger partial charge is 0.508 e. The maximum Gasteiger partial charge on any atom is 0.324 e. The molecule has 6 atom stereocenters. The lowest BCUT2D eigenvalue weighted by molar-refractivity contribution is -0.179. The van der Waals surface area contributed by atoms with E-state index in [1.165, 1.54) is 0 Å². The van der Waals surface area contributed by atoms with Gasteiger partial charge in [-0.1, -0.05) is 90.7 Å². The lowest BCUT2D eigenvalue weighted by atomic mass is 9.65. The predicted octanol–water partition coefficient (Wildman–Crippen LogP) is 6.65. The van der Waals surface area contributed by atoms with Crippen LogP contribution in [0.2, 0.25) is 0 Å². The van der Waals surface area contributed by atoms with Crippen molar-refractivity contribution in [3.8, 4) is 17.6 Å². The van der Waals surface area contributed by atoms with E-state index in [2.05, 4.69) is 38.1 Å². The molecule has 10 rings (SSSR count). The number of aromatic hydroxyl groups is 1. The summed E-state index contributed by atoms with van der Waals surface area (Å²) in [6.45, 7) is 1.60. The molecule has 3 fully saturated rings. The van der Waals surface area contributed by atoms with Crippen molar-refractivity contribution in [1.29, 1.82) is 0 Å². The van der Waals surface area contributed by atoms with Gasteiger partial charge in [-0.25, -0.2) is 9.97 Å². The highest BCUT2D eigenvalue weighted by atomic mass is 16.6. The second-order valence-electron chi connectivity index (χ2n) is 16.2. The third kappa shape index (κ3) is 6.30. The molecule has 2 N–H and O–H groups in total. The highest BCUT2D eigenvalue weighted by Gasteiger charge is 2.74. The molecule has 1 aromatic heterocycles. The number of esters is 1. The Labute approximate surface area is 348 Å². The fourth-order valence-electron chi connectivity index (χ4n) is 10.2. The van der Waals surface area contributed by atoms with Crippen LogP contribution >= 0.6 is 0 Å². The van der Waals surface area contributed by atoms with Crippen molar-refractivity contribution in [2.45, 2.75) is 55.3 Å². The summed E-state index contributed by atoms with van der Waals surface area (Å²) in [6.07, 6.45) is 8.98. The van der Waals surface area contributed by atoms with Crippen molar-refractivity contribution in [1.82, 2.24) is 19.8 Å². The van der Waals surface area contributed by atoms with Crippen molar-refractivity contribution in [2.24, 2.45) is 5.92 Å². The molecule has 0 radical (unpaired) electrons. The maximum absolute atomic E-state index is 15.8. The van der Waals surface area contributed by atoms with Crippen LogP contribution in [0.15, 0.2) is 133 Å². The minimum Gasteiger partial charge on any atom is -0.508 e. The van der Waals surface area contributed by atoms with Crippen LogP contribution in [0.3, 0.4) is 0 Å². The molecule has 1 aliphatic carbocycles. The van der Waals surface area contributed by atoms with Crippen molar-refractivity contribution in [2.75, 3.05) is 36.4 Å². The summed E-state index contributed by atoms with van der Waals surface area (Å²) in [5.41, 5.74) is 3.68. The number of anilines is 2. The van der Waals surface area contributed by atoms with E-state index in [1.807, 2.05) is 83.8 Å². The third-order valence-corrected chi connectivity index (χ3v) is 12.9. The van der Waals surface area contributed by atoms with Gasteiger partial charge in [0.05, 0.1) is 18.0 Å². The second-order valence-corrected chi connectivity index (χ2v) is 16.2. The quantitative estimate of drug-likeness (QED) is 0.148. The predicted molar refractivity (Wildman–Crippen MR) is 225 cm³/mol. The number of cyclic esters (lactones) is 1. The van der Waals surface area contributed by atoms with Crippen molar-refractivity contribution in [3.63, 3.8) is 0 Å². The van der Waals surface area contributed by atoms with E-state index in [0.717, 1.165) is 42.4 Å². The van der Waals surface area contributed by atoms with Gasteiger partial charge in [0, 0.05) is 49.8 Å². The van der Waals surface area contributed by atoms with Gasteiger partial charge in [0.2, 0.25) is 17.8 Å². The van der Waals surface area contributed by atoms with Gasteiger partial charge in [0.25, 0.3) is 0 Å². The fourth-order valence-corrected chi connectivity index (χ4v) is 10.2. The lowest BCUT2D eigenvalue weighted by Gasteiger charge is -2.46. The Kier molecular flexibility index (Phi) is 9.65. The zero-order valence-electron chi connectivity index (χ0n) is 33.0. The Balaban J connectivity index is 1.19. The molecular formula is C49H44N6O5. The highest BCUT2D eigenvalue weighted by molar-refractivity contribution is 6.12. The average molecular weight is 797 g/mol. The van der Waals surface area contributed by atoms with Crippen LogP contribution < -0.4 is 10.2 Å². The molecule has 11 nitrogen and oxygen atoms in total. The van der Waals surface area contributed by atoms with Crippen molar-refractivity contribution in [3.05, 3.63) is 161 Å². The number of nitrogens with zero attached hydrogens (tertiary/aromatic N) is 5. The van der Waals surface area contributed by atoms with E-state index in [-0.39, 0.29) is 17.6 Å². The molecule has 1 spiro atoms. The summed E-state index contributed by atoms with van der Waals surface area (Å²) < 4.78 is 6.58. The van der Waals surface area contributed by atoms with E-state index in [0.29, 0.717) is 54.5 Å². The highest BCUT2D eigenvalue weighted by Crippen LogP contribution is 2.65. The number of hydrogen-bond donors (Lipinski definition) is 2. The topological polar surface area (TPSA) is 128 Å². The monoisotopic (exact) mass is 796 g/mol. The Morgan fingerprint density at radius 1 is 0.783 bits per heavy atom. The number of carbonyl (C=O) groups excluding carboxylic acids is 3. The van der Waals surface area contributed by atoms with Crippen LogP contribution in [0.4, 0.5) is 11.6 Å². The molecule has 300 valence electrons. The minimum atomic E-state index is -1.63. The van der Waals surface area contributed by atoms with Crippen LogP contribution in [0, 0.1) is 17.8 Å². The fraction of sp³-hybridized carbons (Fsp3) is 0.286. The Morgan fingerprint density at radius 3 is 2.20 bits per heavy atom. The summed E-state index contributed by atoms with van der Waals surface area (Å²) in [6, 6.07) is 31.1. The van der Waals surface area contributed by atoms with E-state index in [4.69, 9.17) is 4.74 Å². The molecule has 5 heterocycles. The standard InChI is InChI=1S/C49H44N6O5/c56-37-22-20-36(21-23-37)44-49(38-31-33(19-24-39(38)52-47(49)59)18-17-32-11-4-1-5-12-32)40(45(57)53-27-29-54(30-28-53)48-50-25-10-26-51-48)42-46(58)60-43(35-15-8-3-9-16-35)41(55(42)44)34-13-6-2-7-14-34/h2-3,6-11,13-16,19-26,31,40-44,56H,1,4-5,12,27-30H2,(H,52,59)/t40-,41-,42-,43+,44+,49-/m0/s1. The van der Waals surface area contributed by atoms with Crippen molar-refractivity contribution < 1.29 is 24.2 Å². The Hall–Kier alpha value is -6.77. The third-order valence-electron chi connectivity index (χ3n) is 12.9. The number of rotatable bonds is 5. The number of benzene rings is 4. The Morgan fingerprint density at radius 2 is 1.50 bits per heavy atom. The molecule has 60 heavy (non-hydrogen) atoms. The number of aromatic nitrogens is 2. The van der Waals surface area contributed by atoms with Gasteiger partial charge in [-0.3, -0.25) is 19.3 Å². The van der Waals surface area contributed by atoms with Crippen LogP contribution in [0.1, 0.15) is 71.7 Å². The van der Waals surface area contributed by atoms with E-state index in [9.17, 15) is 5.11 Å². The van der Waals surface area contributed by atoms with E-state index >= 15 is 14.4 Å². The lowest BCUT2D eigenvalue weighted by Crippen LogP contribution is -2.58. The van der Waals surface area contributed by atoms with Gasteiger partial charge < -0.3 is 25.0 Å². The molecule has 5 aliphatic rings. The number of phenols is 1. The van der Waals surface area contributed by atoms with Gasteiger partial charge in [-0.05, 0) is 89.9 Å². The second kappa shape index (κ2) is 15.4. The first-order chi connectivity index (χ1) is 29.4. The van der Waals surface area contributed by atoms with Gasteiger partial charge in [-0.2, -0.15) is 0 Å². The first-order valence-corrected chi connectivity index (χ1v) is 20.8. The first kappa shape index (κ1) is 37.5. The zero-order valence-corrected chi connectivity index (χ0v) is 33.0. The van der Waals surface area contributed by atoms with E-state index in [1.54, 1.807) is 47.6 Å². The van der Waals surface area contributed by atoms with Gasteiger partial charge in [-0.15, -0.1) is 0 Å². The van der Waals surface area contributed by atoms with Gasteiger partial charge in [0.1, 0.15) is 23.3 Å². The van der Waals surface area contributed by atoms with Gasteiger partial charge >= 0.3 is 5.97 Å². The van der Waals surface area contributed by atoms with Crippen LogP contribution in [0.5, 0.6) is 5.75 Å². The molecule has 4 aliphatic heterocycles. The SMILES string of the molecule is O=C1O[C@H](c2ccccc2)[C@H](c2ccccc2)N2[C@H]1[C@@H](C(=O)N1CCN(c3ncccn3)CC1)[C@]1(C(=O)Nc3ccc(C#CC4=CCCCC4)cc31)[C@H]2c1ccc(O)cc1. The molecule has 5 aromatic rings. The molecule has 4 aromatic carbocycles. The summed E-state index contributed by atoms with van der Waals surface area (Å²) >= 11 is 0. The van der Waals surface area contributed by atoms with Crippen molar-refractivity contribution >= 4 is 29.4 Å². The molecule has 0 saturated carbocycles. The molecule has 3 saturated heterocycles. The number of fused-ring (bicyclic) bond motifs is 3. The number of piperazine rings is 1. The maximum atomic E-state index is 15.8. The number of phenolic OH excluding ortho intramolecular Hbond substituents is 1. The van der Waals surface area contributed by atoms with Crippen LogP contribution in [0.25, 0.3) is 0 Å². The summed E-state index contributed by atoms with van der Waals surface area (Å²) in [7, 11) is 0. The number of amides is 2. The summed E-state index contributed by atoms with van der Waals surface area (Å²) in [5, 5.41) is 13.8. The number of morpholine rings is 1. The number of hydrogen-bond acceptors (Lipinski definition) is 9. The smallest absolute Gasteiger partial charge is 0.324 e. The molecule has 0 bridgehead atoms.